The quantitative estimate of drug-likeness (QED) is 0.313. The molecule has 0 saturated heterocycles. The number of nitrogens with zero attached hydrogens (tertiary/aromatic N) is 1. The highest BCUT2D eigenvalue weighted by molar-refractivity contribution is 6.18. The number of benzene rings is 3. The van der Waals surface area contributed by atoms with Crippen LogP contribution < -0.4 is 5.73 Å². The molecule has 0 unspecified atom stereocenters. The summed E-state index contributed by atoms with van der Waals surface area (Å²) < 4.78 is 82.2. The van der Waals surface area contributed by atoms with E-state index in [9.17, 15) is 31.1 Å². The Hall–Kier alpha value is -3.49. The van der Waals surface area contributed by atoms with Crippen LogP contribution in [-0.2, 0) is 18.9 Å². The van der Waals surface area contributed by atoms with E-state index in [4.69, 9.17) is 5.73 Å². The van der Waals surface area contributed by atoms with E-state index in [-0.39, 0.29) is 29.7 Å². The number of fused-ring (bicyclic) bond motifs is 3. The molecule has 4 rings (SSSR count). The average Bonchev–Trinajstić information content (AvgIpc) is 3.05. The van der Waals surface area contributed by atoms with Crippen molar-refractivity contribution in [1.82, 2.24) is 4.57 Å². The van der Waals surface area contributed by atoms with Gasteiger partial charge in [0.15, 0.2) is 0 Å². The molecular weight excluding hydrogens is 458 g/mol. The Morgan fingerprint density at radius 3 is 2.21 bits per heavy atom. The van der Waals surface area contributed by atoms with Gasteiger partial charge in [-0.3, -0.25) is 4.79 Å². The minimum Gasteiger partial charge on any atom is -0.366 e. The molecule has 0 atom stereocenters. The highest BCUT2D eigenvalue weighted by Crippen LogP contribution is 2.39. The number of alkyl halides is 6. The highest BCUT2D eigenvalue weighted by atomic mass is 19.4. The first-order valence-corrected chi connectivity index (χ1v) is 10.4. The molecule has 1 aromatic heterocycles. The lowest BCUT2D eigenvalue weighted by molar-refractivity contribution is -0.143. The minimum absolute atomic E-state index is 0.114. The number of aromatic nitrogens is 1. The number of halogens is 6. The molecule has 0 aliphatic rings. The van der Waals surface area contributed by atoms with Gasteiger partial charge >= 0.3 is 12.4 Å². The zero-order valence-electron chi connectivity index (χ0n) is 18.2. The highest BCUT2D eigenvalue weighted by Gasteiger charge is 2.38. The molecule has 3 aromatic carbocycles. The molecule has 0 fully saturated rings. The van der Waals surface area contributed by atoms with Crippen molar-refractivity contribution in [3.63, 3.8) is 0 Å². The number of rotatable bonds is 4. The standard InChI is InChI=1S/C25H20F6N2O/c1-13(2)14-7-9-17-21(10-14)33(20-5-3-4-18(22(17)20)23(32)34)12-15-6-8-16(24(26,27)28)11-19(15)25(29,30)31/h3-11,13H,12H2,1-2H3,(H2,32,34). The normalized spacial score (nSPS) is 12.7. The van der Waals surface area contributed by atoms with E-state index >= 15 is 0 Å². The maximum Gasteiger partial charge on any atom is 0.416 e. The molecule has 1 heterocycles. The maximum absolute atomic E-state index is 13.8. The lowest BCUT2D eigenvalue weighted by atomic mass is 10.00. The fourth-order valence-electron chi connectivity index (χ4n) is 4.22. The number of carbonyl (C=O) groups is 1. The van der Waals surface area contributed by atoms with Crippen molar-refractivity contribution in [1.29, 1.82) is 0 Å². The number of nitrogens with two attached hydrogens (primary N) is 1. The minimum atomic E-state index is -4.99. The number of hydrogen-bond donors (Lipinski definition) is 1. The molecule has 0 bridgehead atoms. The molecule has 3 nitrogen and oxygen atoms in total. The van der Waals surface area contributed by atoms with Gasteiger partial charge in [0.2, 0.25) is 5.91 Å². The van der Waals surface area contributed by atoms with Crippen LogP contribution in [0, 0.1) is 0 Å². The number of amides is 1. The Kier molecular flexibility index (Phi) is 5.62. The average molecular weight is 478 g/mol. The summed E-state index contributed by atoms with van der Waals surface area (Å²) in [6.45, 7) is 3.57. The van der Waals surface area contributed by atoms with Crippen LogP contribution >= 0.6 is 0 Å². The van der Waals surface area contributed by atoms with Crippen molar-refractivity contribution in [2.24, 2.45) is 5.73 Å². The molecule has 9 heteroatoms. The summed E-state index contributed by atoms with van der Waals surface area (Å²) in [6, 6.07) is 11.9. The summed E-state index contributed by atoms with van der Waals surface area (Å²) in [6.07, 6.45) is -9.90. The summed E-state index contributed by atoms with van der Waals surface area (Å²) in [5.74, 6) is -0.577. The van der Waals surface area contributed by atoms with Gasteiger partial charge in [-0.25, -0.2) is 0 Å². The predicted molar refractivity (Wildman–Crippen MR) is 118 cm³/mol. The van der Waals surface area contributed by atoms with Crippen LogP contribution in [0.5, 0.6) is 0 Å². The second-order valence-corrected chi connectivity index (χ2v) is 8.45. The van der Waals surface area contributed by atoms with Gasteiger partial charge in [-0.15, -0.1) is 0 Å². The third kappa shape index (κ3) is 4.10. The summed E-state index contributed by atoms with van der Waals surface area (Å²) >= 11 is 0. The summed E-state index contributed by atoms with van der Waals surface area (Å²) in [5.41, 5.74) is 4.64. The van der Waals surface area contributed by atoms with Gasteiger partial charge in [-0.1, -0.05) is 38.1 Å². The monoisotopic (exact) mass is 478 g/mol. The maximum atomic E-state index is 13.8. The number of hydrogen-bond acceptors (Lipinski definition) is 1. The molecule has 4 aromatic rings. The van der Waals surface area contributed by atoms with Crippen LogP contribution in [0.2, 0.25) is 0 Å². The second kappa shape index (κ2) is 8.07. The van der Waals surface area contributed by atoms with Gasteiger partial charge in [0.1, 0.15) is 0 Å². The van der Waals surface area contributed by atoms with E-state index in [1.807, 2.05) is 26.0 Å². The van der Waals surface area contributed by atoms with Crippen LogP contribution in [0.15, 0.2) is 54.6 Å². The fraction of sp³-hybridized carbons (Fsp3) is 0.240. The molecule has 178 valence electrons. The van der Waals surface area contributed by atoms with Gasteiger partial charge in [0.05, 0.1) is 16.6 Å². The Morgan fingerprint density at radius 1 is 0.912 bits per heavy atom. The second-order valence-electron chi connectivity index (χ2n) is 8.45. The smallest absolute Gasteiger partial charge is 0.366 e. The predicted octanol–water partition coefficient (Wildman–Crippen LogP) is 7.10. The molecule has 34 heavy (non-hydrogen) atoms. The van der Waals surface area contributed by atoms with Crippen molar-refractivity contribution < 1.29 is 31.1 Å². The molecular formula is C25H20F6N2O. The van der Waals surface area contributed by atoms with Crippen molar-refractivity contribution in [2.75, 3.05) is 0 Å². The third-order valence-corrected chi connectivity index (χ3v) is 5.92. The van der Waals surface area contributed by atoms with Crippen molar-refractivity contribution in [3.8, 4) is 0 Å². The van der Waals surface area contributed by atoms with Gasteiger partial charge in [0.25, 0.3) is 0 Å². The Balaban J connectivity index is 2.02. The summed E-state index contributed by atoms with van der Waals surface area (Å²) in [7, 11) is 0. The first-order valence-electron chi connectivity index (χ1n) is 10.4. The molecule has 0 saturated carbocycles. The third-order valence-electron chi connectivity index (χ3n) is 5.92. The summed E-state index contributed by atoms with van der Waals surface area (Å²) in [5, 5.41) is 1.11. The topological polar surface area (TPSA) is 48.0 Å². The van der Waals surface area contributed by atoms with Crippen molar-refractivity contribution in [3.05, 3.63) is 82.4 Å². The SMILES string of the molecule is CC(C)c1ccc2c3c(C(N)=O)cccc3n(Cc3ccc(C(F)(F)F)cc3C(F)(F)F)c2c1. The first kappa shape index (κ1) is 23.7. The Labute approximate surface area is 190 Å². The molecule has 0 aliphatic heterocycles. The summed E-state index contributed by atoms with van der Waals surface area (Å²) in [4.78, 5) is 12.1. The van der Waals surface area contributed by atoms with Crippen molar-refractivity contribution in [2.45, 2.75) is 38.7 Å². The van der Waals surface area contributed by atoms with Crippen LogP contribution in [0.25, 0.3) is 21.8 Å². The van der Waals surface area contributed by atoms with Gasteiger partial charge in [-0.05, 0) is 47.4 Å². The Morgan fingerprint density at radius 2 is 1.62 bits per heavy atom. The zero-order chi connectivity index (χ0) is 25.0. The van der Waals surface area contributed by atoms with E-state index in [1.54, 1.807) is 22.8 Å². The zero-order valence-corrected chi connectivity index (χ0v) is 18.2. The van der Waals surface area contributed by atoms with Crippen LogP contribution in [0.4, 0.5) is 26.3 Å². The molecule has 2 N–H and O–H groups in total. The molecule has 0 spiro atoms. The number of primary amides is 1. The van der Waals surface area contributed by atoms with E-state index < -0.39 is 29.4 Å². The molecule has 0 radical (unpaired) electrons. The van der Waals surface area contributed by atoms with Gasteiger partial charge in [0, 0.05) is 28.4 Å². The largest absolute Gasteiger partial charge is 0.416 e. The molecule has 1 amide bonds. The van der Waals surface area contributed by atoms with E-state index in [1.165, 1.54) is 6.07 Å². The van der Waals surface area contributed by atoms with Crippen LogP contribution in [0.3, 0.4) is 0 Å². The van der Waals surface area contributed by atoms with Crippen molar-refractivity contribution >= 4 is 27.7 Å². The number of carbonyl (C=O) groups excluding carboxylic acids is 1. The van der Waals surface area contributed by atoms with Gasteiger partial charge < -0.3 is 10.3 Å². The fourth-order valence-corrected chi connectivity index (χ4v) is 4.22. The van der Waals surface area contributed by atoms with E-state index in [2.05, 4.69) is 0 Å². The van der Waals surface area contributed by atoms with Crippen LogP contribution in [-0.4, -0.2) is 10.5 Å². The van der Waals surface area contributed by atoms with E-state index in [0.29, 0.717) is 27.9 Å². The lowest BCUT2D eigenvalue weighted by Crippen LogP contribution is -2.15. The van der Waals surface area contributed by atoms with Gasteiger partial charge in [-0.2, -0.15) is 26.3 Å². The lowest BCUT2D eigenvalue weighted by Gasteiger charge is -2.17. The molecule has 0 aliphatic carbocycles. The Bertz CT molecular complexity index is 1410. The first-order chi connectivity index (χ1) is 15.8. The van der Waals surface area contributed by atoms with Crippen LogP contribution in [0.1, 0.15) is 52.4 Å². The van der Waals surface area contributed by atoms with E-state index in [0.717, 1.165) is 11.6 Å².